The summed E-state index contributed by atoms with van der Waals surface area (Å²) >= 11 is 0. The average Bonchev–Trinajstić information content (AvgIpc) is 3.69. The Bertz CT molecular complexity index is 1660. The molecule has 3 aromatic rings. The van der Waals surface area contributed by atoms with Crippen molar-refractivity contribution in [2.75, 3.05) is 24.5 Å². The van der Waals surface area contributed by atoms with Crippen molar-refractivity contribution >= 4 is 17.5 Å². The first-order valence-corrected chi connectivity index (χ1v) is 14.9. The predicted molar refractivity (Wildman–Crippen MR) is 158 cm³/mol. The number of likely N-dealkylation sites (tertiary alicyclic amines) is 1. The molecule has 3 heterocycles. The molecule has 8 nitrogen and oxygen atoms in total. The molecule has 2 aliphatic heterocycles. The summed E-state index contributed by atoms with van der Waals surface area (Å²) < 4.78 is 45.1. The van der Waals surface area contributed by atoms with Gasteiger partial charge in [-0.15, -0.1) is 10.2 Å². The van der Waals surface area contributed by atoms with Crippen molar-refractivity contribution in [2.24, 2.45) is 18.9 Å². The van der Waals surface area contributed by atoms with E-state index in [2.05, 4.69) is 39.2 Å². The SMILES string of the molecule is CC#CC(=O)NC[C@@H]1CCN(Cc2cc3c(c(C(F)(F)F)c2)CN(c2cccc(C4(c5nncn5C)CC(C)C4)c2)C3=O)C1. The van der Waals surface area contributed by atoms with Crippen molar-refractivity contribution in [1.82, 2.24) is 25.0 Å². The first kappa shape index (κ1) is 29.9. The molecule has 1 atom stereocenters. The van der Waals surface area contributed by atoms with Crippen LogP contribution in [-0.4, -0.2) is 51.1 Å². The second-order valence-corrected chi connectivity index (χ2v) is 12.4. The largest absolute Gasteiger partial charge is 0.416 e. The number of aryl methyl sites for hydroxylation is 1. The fourth-order valence-corrected chi connectivity index (χ4v) is 7.26. The van der Waals surface area contributed by atoms with Crippen LogP contribution in [0.1, 0.15) is 71.5 Å². The molecule has 44 heavy (non-hydrogen) atoms. The fourth-order valence-electron chi connectivity index (χ4n) is 7.26. The highest BCUT2D eigenvalue weighted by Gasteiger charge is 2.48. The third-order valence-corrected chi connectivity index (χ3v) is 9.22. The van der Waals surface area contributed by atoms with E-state index >= 15 is 0 Å². The summed E-state index contributed by atoms with van der Waals surface area (Å²) in [6, 6.07) is 10.4. The van der Waals surface area contributed by atoms with Crippen LogP contribution < -0.4 is 10.2 Å². The van der Waals surface area contributed by atoms with E-state index in [9.17, 15) is 22.8 Å². The van der Waals surface area contributed by atoms with Crippen LogP contribution >= 0.6 is 0 Å². The number of nitrogens with zero attached hydrogens (tertiary/aromatic N) is 5. The van der Waals surface area contributed by atoms with Crippen LogP contribution in [0.15, 0.2) is 42.7 Å². The van der Waals surface area contributed by atoms with Crippen molar-refractivity contribution in [3.63, 3.8) is 0 Å². The number of benzene rings is 2. The lowest BCUT2D eigenvalue weighted by Gasteiger charge is -2.46. The zero-order valence-corrected chi connectivity index (χ0v) is 25.0. The van der Waals surface area contributed by atoms with Gasteiger partial charge in [0.05, 0.1) is 17.5 Å². The predicted octanol–water partition coefficient (Wildman–Crippen LogP) is 4.67. The molecule has 11 heteroatoms. The molecule has 2 fully saturated rings. The molecule has 2 aromatic carbocycles. The Morgan fingerprint density at radius 2 is 2.00 bits per heavy atom. The lowest BCUT2D eigenvalue weighted by atomic mass is 9.58. The Kier molecular flexibility index (Phi) is 7.74. The number of nitrogens with one attached hydrogen (secondary N) is 1. The van der Waals surface area contributed by atoms with Gasteiger partial charge >= 0.3 is 6.18 Å². The normalized spacial score (nSPS) is 23.2. The summed E-state index contributed by atoms with van der Waals surface area (Å²) in [7, 11) is 1.91. The second-order valence-electron chi connectivity index (χ2n) is 12.4. The van der Waals surface area contributed by atoms with E-state index in [0.717, 1.165) is 30.7 Å². The molecule has 230 valence electrons. The van der Waals surface area contributed by atoms with E-state index in [1.165, 1.54) is 11.0 Å². The zero-order chi connectivity index (χ0) is 31.2. The molecule has 3 aliphatic rings. The minimum absolute atomic E-state index is 0.0102. The van der Waals surface area contributed by atoms with Gasteiger partial charge in [0.1, 0.15) is 12.2 Å². The number of carbonyl (C=O) groups is 2. The van der Waals surface area contributed by atoms with Gasteiger partial charge in [-0.05, 0) is 91.4 Å². The number of aromatic nitrogens is 3. The third kappa shape index (κ3) is 5.47. The number of fused-ring (bicyclic) bond motifs is 1. The number of hydrogen-bond donors (Lipinski definition) is 1. The number of halogens is 3. The van der Waals surface area contributed by atoms with E-state index < -0.39 is 17.6 Å². The molecule has 6 rings (SSSR count). The quantitative estimate of drug-likeness (QED) is 0.397. The van der Waals surface area contributed by atoms with Gasteiger partial charge in [-0.2, -0.15) is 13.2 Å². The van der Waals surface area contributed by atoms with Crippen molar-refractivity contribution < 1.29 is 22.8 Å². The van der Waals surface area contributed by atoms with Crippen molar-refractivity contribution in [3.8, 4) is 11.8 Å². The molecule has 1 aromatic heterocycles. The molecular formula is C33H35F3N6O2. The highest BCUT2D eigenvalue weighted by molar-refractivity contribution is 6.10. The molecule has 0 spiro atoms. The molecule has 0 unspecified atom stereocenters. The van der Waals surface area contributed by atoms with Gasteiger partial charge in [0, 0.05) is 37.9 Å². The van der Waals surface area contributed by atoms with E-state index in [1.54, 1.807) is 25.4 Å². The van der Waals surface area contributed by atoms with E-state index in [4.69, 9.17) is 0 Å². The van der Waals surface area contributed by atoms with Gasteiger partial charge in [0.2, 0.25) is 0 Å². The van der Waals surface area contributed by atoms with E-state index in [1.807, 2.05) is 29.8 Å². The molecule has 0 bridgehead atoms. The maximum Gasteiger partial charge on any atom is 0.416 e. The Morgan fingerprint density at radius 3 is 2.68 bits per heavy atom. The van der Waals surface area contributed by atoms with Gasteiger partial charge in [-0.1, -0.05) is 25.0 Å². The van der Waals surface area contributed by atoms with Crippen LogP contribution in [0.25, 0.3) is 0 Å². The van der Waals surface area contributed by atoms with Crippen molar-refractivity contribution in [2.45, 2.75) is 57.8 Å². The minimum Gasteiger partial charge on any atom is -0.345 e. The van der Waals surface area contributed by atoms with Crippen molar-refractivity contribution in [1.29, 1.82) is 0 Å². The smallest absolute Gasteiger partial charge is 0.345 e. The van der Waals surface area contributed by atoms with Crippen LogP contribution in [-0.2, 0) is 36.5 Å². The highest BCUT2D eigenvalue weighted by atomic mass is 19.4. The number of carbonyl (C=O) groups excluding carboxylic acids is 2. The Morgan fingerprint density at radius 1 is 1.20 bits per heavy atom. The van der Waals surface area contributed by atoms with E-state index in [-0.39, 0.29) is 41.5 Å². The maximum absolute atomic E-state index is 14.4. The van der Waals surface area contributed by atoms with Crippen LogP contribution in [0, 0.1) is 23.7 Å². The minimum atomic E-state index is -4.60. The number of rotatable bonds is 7. The van der Waals surface area contributed by atoms with Crippen LogP contribution in [0.5, 0.6) is 0 Å². The molecule has 1 aliphatic carbocycles. The molecule has 1 saturated carbocycles. The van der Waals surface area contributed by atoms with Crippen molar-refractivity contribution in [3.05, 3.63) is 76.4 Å². The van der Waals surface area contributed by atoms with Gasteiger partial charge in [-0.25, -0.2) is 0 Å². The van der Waals surface area contributed by atoms with Gasteiger partial charge in [0.15, 0.2) is 0 Å². The Hall–Kier alpha value is -4.17. The molecular weight excluding hydrogens is 569 g/mol. The fraction of sp³-hybridized carbons (Fsp3) is 0.455. The van der Waals surface area contributed by atoms with Crippen LogP contribution in [0.4, 0.5) is 18.9 Å². The summed E-state index contributed by atoms with van der Waals surface area (Å²) in [5.41, 5.74) is 0.980. The topological polar surface area (TPSA) is 83.4 Å². The number of hydrogen-bond acceptors (Lipinski definition) is 5. The lowest BCUT2D eigenvalue weighted by Crippen LogP contribution is -2.43. The summed E-state index contributed by atoms with van der Waals surface area (Å²) in [4.78, 5) is 29.0. The molecule has 1 saturated heterocycles. The summed E-state index contributed by atoms with van der Waals surface area (Å²) in [6.45, 7) is 5.71. The summed E-state index contributed by atoms with van der Waals surface area (Å²) in [5.74, 6) is 5.75. The zero-order valence-electron chi connectivity index (χ0n) is 25.0. The van der Waals surface area contributed by atoms with Gasteiger partial charge < -0.3 is 14.8 Å². The number of amides is 2. The Labute approximate surface area is 254 Å². The van der Waals surface area contributed by atoms with Gasteiger partial charge in [-0.3, -0.25) is 14.5 Å². The van der Waals surface area contributed by atoms with Crippen LogP contribution in [0.2, 0.25) is 0 Å². The first-order valence-electron chi connectivity index (χ1n) is 14.9. The summed E-state index contributed by atoms with van der Waals surface area (Å²) in [6.07, 6.45) is -0.378. The third-order valence-electron chi connectivity index (χ3n) is 9.22. The molecule has 2 amide bonds. The average molecular weight is 605 g/mol. The summed E-state index contributed by atoms with van der Waals surface area (Å²) in [5, 5.41) is 11.3. The molecule has 0 radical (unpaired) electrons. The van der Waals surface area contributed by atoms with Gasteiger partial charge in [0.25, 0.3) is 11.8 Å². The first-order chi connectivity index (χ1) is 21.0. The molecule has 1 N–H and O–H groups in total. The van der Waals surface area contributed by atoms with Crippen LogP contribution in [0.3, 0.4) is 0 Å². The number of anilines is 1. The highest BCUT2D eigenvalue weighted by Crippen LogP contribution is 2.52. The second kappa shape index (κ2) is 11.4. The number of alkyl halides is 3. The lowest BCUT2D eigenvalue weighted by molar-refractivity contribution is -0.138. The monoisotopic (exact) mass is 604 g/mol. The van der Waals surface area contributed by atoms with E-state index in [0.29, 0.717) is 36.8 Å². The maximum atomic E-state index is 14.4. The Balaban J connectivity index is 1.25. The standard InChI is InChI=1S/C33H35F3N6O2/c1-4-6-29(43)37-16-22-9-10-41(17-22)18-23-11-26-27(28(12-23)33(34,35)36)19-42(30(26)44)25-8-5-7-24(13-25)32(14-21(2)15-32)31-39-38-20-40(31)3/h5,7-8,11-13,20-22H,9-10,14-19H2,1-3H3,(H,37,43)/t21?,22-,32?/m0/s1.